The Morgan fingerprint density at radius 1 is 0.526 bits per heavy atom. The molecule has 0 fully saturated rings. The molecule has 0 saturated heterocycles. The molecule has 0 spiro atoms. The van der Waals surface area contributed by atoms with Gasteiger partial charge in [0.05, 0.1) is 28.3 Å². The van der Waals surface area contributed by atoms with E-state index < -0.39 is 0 Å². The van der Waals surface area contributed by atoms with E-state index in [1.165, 1.54) is 5.39 Å². The van der Waals surface area contributed by atoms with Crippen molar-refractivity contribution >= 4 is 35.1 Å². The molecule has 5 heteroatoms. The summed E-state index contributed by atoms with van der Waals surface area (Å²) in [5.74, 6) is 0. The highest BCUT2D eigenvalue weighted by Crippen LogP contribution is 2.34. The summed E-state index contributed by atoms with van der Waals surface area (Å²) >= 11 is 0. The van der Waals surface area contributed by atoms with Crippen LogP contribution < -0.4 is 5.46 Å². The molecule has 2 radical (unpaired) electrons. The van der Waals surface area contributed by atoms with Crippen LogP contribution in [0.1, 0.15) is 0 Å². The third-order valence-electron chi connectivity index (χ3n) is 6.84. The average molecular weight is 484 g/mol. The van der Waals surface area contributed by atoms with Crippen LogP contribution in [0.5, 0.6) is 0 Å². The van der Waals surface area contributed by atoms with Gasteiger partial charge < -0.3 is 4.57 Å². The van der Waals surface area contributed by atoms with Crippen molar-refractivity contribution in [2.45, 2.75) is 0 Å². The van der Waals surface area contributed by atoms with Crippen LogP contribution in [0.2, 0.25) is 0 Å². The Kier molecular flexibility index (Phi) is 5.33. The van der Waals surface area contributed by atoms with E-state index in [4.69, 9.17) is 12.8 Å². The number of para-hydroxylation sites is 2. The van der Waals surface area contributed by atoms with Crippen molar-refractivity contribution in [1.82, 2.24) is 19.5 Å². The second-order valence-corrected chi connectivity index (χ2v) is 9.20. The molecular formula is C33H21BN4. The van der Waals surface area contributed by atoms with Crippen LogP contribution in [0.25, 0.3) is 61.4 Å². The van der Waals surface area contributed by atoms with Gasteiger partial charge in [-0.05, 0) is 65.7 Å². The first-order valence-corrected chi connectivity index (χ1v) is 12.5. The maximum Gasteiger partial charge on any atom is 0.116 e. The van der Waals surface area contributed by atoms with Crippen molar-refractivity contribution in [2.24, 2.45) is 0 Å². The van der Waals surface area contributed by atoms with Gasteiger partial charge in [-0.1, -0.05) is 66.1 Å². The van der Waals surface area contributed by atoms with E-state index in [-0.39, 0.29) is 0 Å². The van der Waals surface area contributed by atoms with E-state index in [1.807, 2.05) is 48.5 Å². The molecule has 3 aromatic carbocycles. The van der Waals surface area contributed by atoms with E-state index >= 15 is 0 Å². The summed E-state index contributed by atoms with van der Waals surface area (Å²) < 4.78 is 2.25. The van der Waals surface area contributed by atoms with Crippen molar-refractivity contribution in [3.8, 4) is 39.6 Å². The minimum atomic E-state index is 0.753. The zero-order valence-electron chi connectivity index (χ0n) is 20.5. The van der Waals surface area contributed by atoms with Gasteiger partial charge in [-0.15, -0.1) is 0 Å². The first kappa shape index (κ1) is 22.2. The minimum absolute atomic E-state index is 0.753. The molecule has 4 aromatic heterocycles. The van der Waals surface area contributed by atoms with Gasteiger partial charge in [0.2, 0.25) is 0 Å². The summed E-state index contributed by atoms with van der Waals surface area (Å²) in [4.78, 5) is 14.0. The molecule has 176 valence electrons. The molecule has 0 aliphatic heterocycles. The van der Waals surface area contributed by atoms with Gasteiger partial charge in [0.15, 0.2) is 0 Å². The molecule has 0 aliphatic rings. The van der Waals surface area contributed by atoms with Gasteiger partial charge in [-0.3, -0.25) is 9.97 Å². The predicted molar refractivity (Wildman–Crippen MR) is 156 cm³/mol. The molecule has 0 aliphatic carbocycles. The van der Waals surface area contributed by atoms with Gasteiger partial charge in [0, 0.05) is 34.4 Å². The van der Waals surface area contributed by atoms with Crippen molar-refractivity contribution in [1.29, 1.82) is 0 Å². The molecule has 0 amide bonds. The molecule has 0 N–H and O–H groups in total. The first-order chi connectivity index (χ1) is 18.8. The van der Waals surface area contributed by atoms with Crippen LogP contribution >= 0.6 is 0 Å². The molecule has 7 rings (SSSR count). The van der Waals surface area contributed by atoms with Crippen LogP contribution in [0.4, 0.5) is 0 Å². The number of hydrogen-bond acceptors (Lipinski definition) is 3. The smallest absolute Gasteiger partial charge is 0.116 e. The van der Waals surface area contributed by atoms with Gasteiger partial charge in [0.1, 0.15) is 7.85 Å². The third-order valence-corrected chi connectivity index (χ3v) is 6.84. The fraction of sp³-hybridized carbons (Fsp3) is 0. The second-order valence-electron chi connectivity index (χ2n) is 9.20. The second kappa shape index (κ2) is 9.13. The quantitative estimate of drug-likeness (QED) is 0.259. The third kappa shape index (κ3) is 3.77. The zero-order valence-corrected chi connectivity index (χ0v) is 20.5. The number of nitrogens with zero attached hydrogens (tertiary/aromatic N) is 4. The van der Waals surface area contributed by atoms with Gasteiger partial charge in [-0.25, -0.2) is 4.98 Å². The number of hydrogen-bond donors (Lipinski definition) is 0. The largest absolute Gasteiger partial charge is 0.310 e. The Balaban J connectivity index is 1.45. The summed E-state index contributed by atoms with van der Waals surface area (Å²) in [6.07, 6.45) is 3.58. The number of aromatic nitrogens is 4. The molecule has 0 unspecified atom stereocenters. The van der Waals surface area contributed by atoms with Gasteiger partial charge in [0.25, 0.3) is 0 Å². The Morgan fingerprint density at radius 3 is 1.89 bits per heavy atom. The van der Waals surface area contributed by atoms with E-state index in [0.717, 1.165) is 61.5 Å². The average Bonchev–Trinajstić information content (AvgIpc) is 3.34. The zero-order chi connectivity index (χ0) is 25.5. The maximum atomic E-state index is 6.53. The lowest BCUT2D eigenvalue weighted by Gasteiger charge is -2.13. The van der Waals surface area contributed by atoms with Crippen LogP contribution in [-0.2, 0) is 0 Å². The molecule has 0 saturated carbocycles. The normalized spacial score (nSPS) is 11.3. The molecule has 4 heterocycles. The SMILES string of the molecule is [B]c1cccc2c3ccccc3n(-c3cccc(-c4cc(-c5ccccn5)nc(-c5ccccn5)c4)c3)c12. The summed E-state index contributed by atoms with van der Waals surface area (Å²) in [6.45, 7) is 0. The maximum absolute atomic E-state index is 6.53. The van der Waals surface area contributed by atoms with Crippen LogP contribution in [0.3, 0.4) is 0 Å². The lowest BCUT2D eigenvalue weighted by molar-refractivity contribution is 1.18. The monoisotopic (exact) mass is 484 g/mol. The molecule has 38 heavy (non-hydrogen) atoms. The fourth-order valence-corrected chi connectivity index (χ4v) is 5.13. The Labute approximate surface area is 221 Å². The highest BCUT2D eigenvalue weighted by molar-refractivity contribution is 6.40. The summed E-state index contributed by atoms with van der Waals surface area (Å²) in [5.41, 5.74) is 9.28. The summed E-state index contributed by atoms with van der Waals surface area (Å²) in [5, 5.41) is 2.32. The van der Waals surface area contributed by atoms with Crippen LogP contribution in [-0.4, -0.2) is 27.4 Å². The highest BCUT2D eigenvalue weighted by Gasteiger charge is 2.15. The Bertz CT molecular complexity index is 1870. The van der Waals surface area contributed by atoms with Crippen molar-refractivity contribution in [3.63, 3.8) is 0 Å². The van der Waals surface area contributed by atoms with Crippen molar-refractivity contribution in [3.05, 3.63) is 128 Å². The van der Waals surface area contributed by atoms with E-state index in [1.54, 1.807) is 12.4 Å². The molecule has 0 bridgehead atoms. The van der Waals surface area contributed by atoms with Gasteiger partial charge in [-0.2, -0.15) is 0 Å². The van der Waals surface area contributed by atoms with Crippen molar-refractivity contribution in [2.75, 3.05) is 0 Å². The Hall–Kier alpha value is -5.03. The van der Waals surface area contributed by atoms with E-state index in [0.29, 0.717) is 0 Å². The minimum Gasteiger partial charge on any atom is -0.310 e. The summed E-state index contributed by atoms with van der Waals surface area (Å²) in [6, 6.07) is 39.0. The lowest BCUT2D eigenvalue weighted by Crippen LogP contribution is -2.08. The molecular weight excluding hydrogens is 463 g/mol. The van der Waals surface area contributed by atoms with E-state index in [9.17, 15) is 0 Å². The first-order valence-electron chi connectivity index (χ1n) is 12.5. The van der Waals surface area contributed by atoms with Crippen molar-refractivity contribution < 1.29 is 0 Å². The summed E-state index contributed by atoms with van der Waals surface area (Å²) in [7, 11) is 6.53. The van der Waals surface area contributed by atoms with Crippen LogP contribution in [0, 0.1) is 0 Å². The number of pyridine rings is 3. The number of benzene rings is 3. The van der Waals surface area contributed by atoms with Crippen LogP contribution in [0.15, 0.2) is 128 Å². The molecule has 0 atom stereocenters. The van der Waals surface area contributed by atoms with E-state index in [2.05, 4.69) is 81.3 Å². The molecule has 7 aromatic rings. The number of fused-ring (bicyclic) bond motifs is 3. The topological polar surface area (TPSA) is 43.6 Å². The lowest BCUT2D eigenvalue weighted by atomic mass is 9.93. The predicted octanol–water partition coefficient (Wildman–Crippen LogP) is 6.76. The molecule has 4 nitrogen and oxygen atoms in total. The number of rotatable bonds is 4. The highest BCUT2D eigenvalue weighted by atomic mass is 15.0. The fourth-order valence-electron chi connectivity index (χ4n) is 5.13. The Morgan fingerprint density at radius 2 is 1.18 bits per heavy atom. The van der Waals surface area contributed by atoms with Gasteiger partial charge >= 0.3 is 0 Å². The standard InChI is InChI=1S/C33H21BN4/c34-27-13-8-12-26-25-11-1-2-16-32(25)38(33(26)27)24-10-7-9-22(19-24)23-20-30(28-14-3-5-17-35-28)37-31(21-23)29-15-4-6-18-36-29/h1-21H.